The Morgan fingerprint density at radius 2 is 2.00 bits per heavy atom. The number of benzene rings is 1. The van der Waals surface area contributed by atoms with Crippen molar-refractivity contribution in [1.29, 1.82) is 0 Å². The number of hydrogen-bond acceptors (Lipinski definition) is 6. The Morgan fingerprint density at radius 1 is 1.29 bits per heavy atom. The molecule has 0 aliphatic rings. The van der Waals surface area contributed by atoms with Crippen molar-refractivity contribution in [2.24, 2.45) is 0 Å². The molecule has 3 N–H and O–H groups in total. The summed E-state index contributed by atoms with van der Waals surface area (Å²) < 4.78 is 14.7. The average Bonchev–Trinajstić information content (AvgIpc) is 3.28. The third-order valence-corrected chi connectivity index (χ3v) is 5.88. The molecule has 2 aromatic heterocycles. The molecule has 0 aliphatic heterocycles. The maximum atomic E-state index is 13.3. The van der Waals surface area contributed by atoms with E-state index in [1.54, 1.807) is 12.1 Å². The highest BCUT2D eigenvalue weighted by Crippen LogP contribution is 2.27. The van der Waals surface area contributed by atoms with Gasteiger partial charge >= 0.3 is 0 Å². The second kappa shape index (κ2) is 8.32. The molecule has 1 amide bonds. The van der Waals surface area contributed by atoms with Crippen LogP contribution in [0, 0.1) is 5.82 Å². The van der Waals surface area contributed by atoms with Crippen LogP contribution < -0.4 is 11.2 Å². The first kappa shape index (κ1) is 20.3. The van der Waals surface area contributed by atoms with Gasteiger partial charge in [0.2, 0.25) is 11.1 Å². The van der Waals surface area contributed by atoms with E-state index in [9.17, 15) is 9.18 Å². The van der Waals surface area contributed by atoms with Gasteiger partial charge in [-0.1, -0.05) is 50.7 Å². The van der Waals surface area contributed by atoms with Gasteiger partial charge in [0.15, 0.2) is 5.82 Å². The van der Waals surface area contributed by atoms with E-state index in [1.807, 2.05) is 38.3 Å². The molecule has 1 aromatic carbocycles. The number of amides is 1. The Hall–Kier alpha value is -2.39. The predicted octanol–water partition coefficient (Wildman–Crippen LogP) is 3.49. The predicted molar refractivity (Wildman–Crippen MR) is 110 cm³/mol. The van der Waals surface area contributed by atoms with Gasteiger partial charge in [0.25, 0.3) is 0 Å². The summed E-state index contributed by atoms with van der Waals surface area (Å²) in [5, 5.41) is 13.6. The fraction of sp³-hybridized carbons (Fsp3) is 0.316. The lowest BCUT2D eigenvalue weighted by atomic mass is 9.96. The summed E-state index contributed by atoms with van der Waals surface area (Å²) in [6.07, 6.45) is 0. The minimum Gasteiger partial charge on any atom is -0.344 e. The minimum atomic E-state index is -0.338. The van der Waals surface area contributed by atoms with Crippen molar-refractivity contribution in [3.05, 3.63) is 63.9 Å². The number of thiophene rings is 1. The third-order valence-electron chi connectivity index (χ3n) is 4.00. The summed E-state index contributed by atoms with van der Waals surface area (Å²) >= 11 is 2.76. The molecule has 3 aromatic rings. The largest absolute Gasteiger partial charge is 0.344 e. The van der Waals surface area contributed by atoms with Crippen molar-refractivity contribution in [3.8, 4) is 0 Å². The summed E-state index contributed by atoms with van der Waals surface area (Å²) in [6.45, 7) is 5.99. The maximum Gasteiger partial charge on any atom is 0.231 e. The van der Waals surface area contributed by atoms with Crippen molar-refractivity contribution >= 4 is 29.0 Å². The number of thioether (sulfide) groups is 1. The van der Waals surface area contributed by atoms with E-state index in [2.05, 4.69) is 15.5 Å². The molecule has 9 heteroatoms. The average molecular weight is 420 g/mol. The van der Waals surface area contributed by atoms with E-state index in [-0.39, 0.29) is 28.9 Å². The van der Waals surface area contributed by atoms with Gasteiger partial charge in [-0.2, -0.15) is 0 Å². The van der Waals surface area contributed by atoms with Gasteiger partial charge in [0, 0.05) is 10.3 Å². The van der Waals surface area contributed by atoms with Gasteiger partial charge in [-0.15, -0.1) is 21.5 Å². The van der Waals surface area contributed by atoms with Crippen LogP contribution in [0.25, 0.3) is 0 Å². The van der Waals surface area contributed by atoms with E-state index >= 15 is 0 Å². The fourth-order valence-corrected chi connectivity index (χ4v) is 4.12. The normalized spacial score (nSPS) is 12.7. The van der Waals surface area contributed by atoms with Gasteiger partial charge in [-0.05, 0) is 29.1 Å². The Balaban J connectivity index is 1.70. The molecule has 0 spiro atoms. The molecule has 6 nitrogen and oxygen atoms in total. The standard InChI is InChI=1S/C19H22FN5OS2/c1-19(2,3)17-23-24-18(25(17)21)28-11-15(26)22-16(14-5-4-10-27-14)12-6-8-13(20)9-7-12/h4-10,16H,11,21H2,1-3H3,(H,22,26). The highest BCUT2D eigenvalue weighted by molar-refractivity contribution is 7.99. The number of carbonyl (C=O) groups excluding carboxylic acids is 1. The number of nitrogens with zero attached hydrogens (tertiary/aromatic N) is 3. The summed E-state index contributed by atoms with van der Waals surface area (Å²) in [5.74, 6) is 6.37. The molecule has 2 heterocycles. The lowest BCUT2D eigenvalue weighted by molar-refractivity contribution is -0.119. The number of rotatable bonds is 6. The molecule has 3 rings (SSSR count). The molecule has 0 radical (unpaired) electrons. The number of carbonyl (C=O) groups is 1. The third kappa shape index (κ3) is 4.71. The number of hydrogen-bond donors (Lipinski definition) is 2. The summed E-state index contributed by atoms with van der Waals surface area (Å²) in [5.41, 5.74) is 0.578. The Kier molecular flexibility index (Phi) is 6.04. The van der Waals surface area contributed by atoms with Crippen molar-refractivity contribution in [2.45, 2.75) is 37.4 Å². The number of halogens is 1. The lowest BCUT2D eigenvalue weighted by Crippen LogP contribution is -2.30. The molecular formula is C19H22FN5OS2. The molecule has 28 heavy (non-hydrogen) atoms. The summed E-state index contributed by atoms with van der Waals surface area (Å²) in [6, 6.07) is 9.66. The monoisotopic (exact) mass is 419 g/mol. The second-order valence-electron chi connectivity index (χ2n) is 7.28. The SMILES string of the molecule is CC(C)(C)c1nnc(SCC(=O)NC(c2ccc(F)cc2)c2cccs2)n1N. The number of nitrogens with two attached hydrogens (primary N) is 1. The van der Waals surface area contributed by atoms with Crippen molar-refractivity contribution in [2.75, 3.05) is 11.6 Å². The zero-order valence-corrected chi connectivity index (χ0v) is 17.5. The fourth-order valence-electron chi connectivity index (χ4n) is 2.65. The van der Waals surface area contributed by atoms with Gasteiger partial charge < -0.3 is 11.2 Å². The quantitative estimate of drug-likeness (QED) is 0.472. The van der Waals surface area contributed by atoms with Crippen LogP contribution in [0.1, 0.15) is 43.1 Å². The van der Waals surface area contributed by atoms with Gasteiger partial charge in [0.05, 0.1) is 11.8 Å². The van der Waals surface area contributed by atoms with E-state index in [4.69, 9.17) is 5.84 Å². The molecule has 148 valence electrons. The minimum absolute atomic E-state index is 0.141. The van der Waals surface area contributed by atoms with E-state index in [0.717, 1.165) is 10.4 Å². The van der Waals surface area contributed by atoms with Gasteiger partial charge in [-0.3, -0.25) is 4.79 Å². The Labute approximate surface area is 171 Å². The highest BCUT2D eigenvalue weighted by atomic mass is 32.2. The molecule has 0 saturated carbocycles. The van der Waals surface area contributed by atoms with Crippen LogP contribution in [0.5, 0.6) is 0 Å². The van der Waals surface area contributed by atoms with Crippen molar-refractivity contribution < 1.29 is 9.18 Å². The molecule has 0 bridgehead atoms. The van der Waals surface area contributed by atoms with Crippen molar-refractivity contribution in [3.63, 3.8) is 0 Å². The van der Waals surface area contributed by atoms with Crippen LogP contribution in [-0.4, -0.2) is 26.5 Å². The highest BCUT2D eigenvalue weighted by Gasteiger charge is 2.24. The van der Waals surface area contributed by atoms with E-state index in [1.165, 1.54) is 39.9 Å². The lowest BCUT2D eigenvalue weighted by Gasteiger charge is -2.18. The molecule has 0 fully saturated rings. The van der Waals surface area contributed by atoms with E-state index < -0.39 is 0 Å². The van der Waals surface area contributed by atoms with Crippen LogP contribution in [-0.2, 0) is 10.2 Å². The number of nitrogen functional groups attached to an aromatic ring is 1. The zero-order chi connectivity index (χ0) is 20.3. The molecule has 0 aliphatic carbocycles. The number of nitrogens with one attached hydrogen (secondary N) is 1. The van der Waals surface area contributed by atoms with Crippen LogP contribution >= 0.6 is 23.1 Å². The summed E-state index contributed by atoms with van der Waals surface area (Å²) in [4.78, 5) is 13.6. The van der Waals surface area contributed by atoms with Crippen molar-refractivity contribution in [1.82, 2.24) is 20.2 Å². The molecular weight excluding hydrogens is 397 g/mol. The molecule has 1 unspecified atom stereocenters. The second-order valence-corrected chi connectivity index (χ2v) is 9.20. The molecule has 1 atom stereocenters. The van der Waals surface area contributed by atoms with Crippen LogP contribution in [0.15, 0.2) is 46.9 Å². The van der Waals surface area contributed by atoms with E-state index in [0.29, 0.717) is 11.0 Å². The maximum absolute atomic E-state index is 13.3. The Bertz CT molecular complexity index is 932. The first-order valence-electron chi connectivity index (χ1n) is 8.67. The van der Waals surface area contributed by atoms with Gasteiger partial charge in [0.1, 0.15) is 5.82 Å². The topological polar surface area (TPSA) is 85.8 Å². The zero-order valence-electron chi connectivity index (χ0n) is 15.8. The Morgan fingerprint density at radius 3 is 2.57 bits per heavy atom. The first-order valence-corrected chi connectivity index (χ1v) is 10.5. The van der Waals surface area contributed by atoms with Gasteiger partial charge in [-0.25, -0.2) is 9.07 Å². The van der Waals surface area contributed by atoms with Crippen LogP contribution in [0.3, 0.4) is 0 Å². The first-order chi connectivity index (χ1) is 13.3. The van der Waals surface area contributed by atoms with Crippen LogP contribution in [0.2, 0.25) is 0 Å². The number of aromatic nitrogens is 3. The molecule has 0 saturated heterocycles. The smallest absolute Gasteiger partial charge is 0.231 e. The van der Waals surface area contributed by atoms with Crippen LogP contribution in [0.4, 0.5) is 4.39 Å². The summed E-state index contributed by atoms with van der Waals surface area (Å²) in [7, 11) is 0.